The maximum absolute atomic E-state index is 14.3. The summed E-state index contributed by atoms with van der Waals surface area (Å²) < 4.78 is 52.5. The summed E-state index contributed by atoms with van der Waals surface area (Å²) in [6.45, 7) is 3.36. The third kappa shape index (κ3) is 4.11. The number of nitro groups is 1. The highest BCUT2D eigenvalue weighted by Gasteiger charge is 2.30. The van der Waals surface area contributed by atoms with Gasteiger partial charge in [0.25, 0.3) is 5.69 Å². The minimum Gasteiger partial charge on any atom is -0.391 e. The van der Waals surface area contributed by atoms with E-state index in [-0.39, 0.29) is 29.8 Å². The molecule has 26 heavy (non-hydrogen) atoms. The summed E-state index contributed by atoms with van der Waals surface area (Å²) in [6, 6.07) is 5.75. The molecule has 2 aromatic rings. The fraction of sp³-hybridized carbons (Fsp3) is 0.176. The van der Waals surface area contributed by atoms with Crippen LogP contribution in [-0.4, -0.2) is 4.92 Å². The zero-order chi connectivity index (χ0) is 19.5. The number of nitrogens with two attached hydrogens (primary N) is 1. The number of nitrogens with one attached hydrogen (secondary N) is 1. The summed E-state index contributed by atoms with van der Waals surface area (Å²) >= 11 is 0. The zero-order valence-corrected chi connectivity index (χ0v) is 13.4. The quantitative estimate of drug-likeness (QED) is 0.255. The van der Waals surface area contributed by atoms with Gasteiger partial charge in [-0.15, -0.1) is 6.58 Å². The first-order valence-corrected chi connectivity index (χ1v) is 7.41. The van der Waals surface area contributed by atoms with Crippen LogP contribution in [0.25, 0.3) is 0 Å². The number of nitro benzene ring substituents is 1. The first-order valence-electron chi connectivity index (χ1n) is 7.41. The second kappa shape index (κ2) is 7.42. The van der Waals surface area contributed by atoms with E-state index in [1.807, 2.05) is 0 Å². The van der Waals surface area contributed by atoms with Gasteiger partial charge in [-0.2, -0.15) is 13.2 Å². The van der Waals surface area contributed by atoms with Gasteiger partial charge in [-0.05, 0) is 30.2 Å². The highest BCUT2D eigenvalue weighted by atomic mass is 19.4. The smallest absolute Gasteiger partial charge is 0.391 e. The average Bonchev–Trinajstić information content (AvgIpc) is 2.56. The fourth-order valence-electron chi connectivity index (χ4n) is 2.44. The maximum atomic E-state index is 14.3. The van der Waals surface area contributed by atoms with Gasteiger partial charge in [-0.1, -0.05) is 18.2 Å². The molecule has 0 amide bonds. The molecule has 0 spiro atoms. The van der Waals surface area contributed by atoms with Gasteiger partial charge in [0.2, 0.25) is 0 Å². The van der Waals surface area contributed by atoms with Crippen molar-refractivity contribution in [2.75, 3.05) is 11.1 Å². The Hall–Kier alpha value is -3.10. The number of nitrogens with zero attached hydrogens (tertiary/aromatic N) is 1. The average molecular weight is 369 g/mol. The molecule has 0 unspecified atom stereocenters. The maximum Gasteiger partial charge on any atom is 0.416 e. The Morgan fingerprint density at radius 1 is 1.31 bits per heavy atom. The topological polar surface area (TPSA) is 81.2 Å². The van der Waals surface area contributed by atoms with Gasteiger partial charge < -0.3 is 11.1 Å². The van der Waals surface area contributed by atoms with Crippen LogP contribution >= 0.6 is 0 Å². The number of hydrogen-bond donors (Lipinski definition) is 2. The highest BCUT2D eigenvalue weighted by Crippen LogP contribution is 2.35. The predicted octanol–water partition coefficient (Wildman–Crippen LogP) is 4.68. The van der Waals surface area contributed by atoms with Gasteiger partial charge in [-0.25, -0.2) is 4.39 Å². The molecule has 0 aliphatic carbocycles. The van der Waals surface area contributed by atoms with Crippen LogP contribution < -0.4 is 11.1 Å². The molecule has 5 nitrogen and oxygen atoms in total. The largest absolute Gasteiger partial charge is 0.416 e. The van der Waals surface area contributed by atoms with Gasteiger partial charge in [-0.3, -0.25) is 10.1 Å². The lowest BCUT2D eigenvalue weighted by atomic mass is 10.1. The predicted molar refractivity (Wildman–Crippen MR) is 90.1 cm³/mol. The summed E-state index contributed by atoms with van der Waals surface area (Å²) in [5, 5.41) is 13.7. The van der Waals surface area contributed by atoms with Gasteiger partial charge in [0.05, 0.1) is 16.2 Å². The van der Waals surface area contributed by atoms with Crippen molar-refractivity contribution >= 4 is 17.1 Å². The normalized spacial score (nSPS) is 11.2. The van der Waals surface area contributed by atoms with E-state index in [9.17, 15) is 27.7 Å². The molecule has 0 saturated carbocycles. The van der Waals surface area contributed by atoms with Gasteiger partial charge in [0.1, 0.15) is 5.69 Å². The second-order valence-electron chi connectivity index (χ2n) is 5.46. The van der Waals surface area contributed by atoms with Crippen LogP contribution in [0.1, 0.15) is 16.7 Å². The molecule has 2 aromatic carbocycles. The van der Waals surface area contributed by atoms with Crippen LogP contribution in [0, 0.1) is 15.9 Å². The van der Waals surface area contributed by atoms with Crippen molar-refractivity contribution in [3.63, 3.8) is 0 Å². The number of anilines is 2. The molecular weight excluding hydrogens is 354 g/mol. The van der Waals surface area contributed by atoms with Crippen LogP contribution in [0.4, 0.5) is 34.6 Å². The van der Waals surface area contributed by atoms with E-state index in [0.717, 1.165) is 12.1 Å². The van der Waals surface area contributed by atoms with Crippen LogP contribution in [0.5, 0.6) is 0 Å². The number of benzene rings is 2. The van der Waals surface area contributed by atoms with E-state index >= 15 is 0 Å². The first kappa shape index (κ1) is 19.2. The van der Waals surface area contributed by atoms with Gasteiger partial charge in [0.15, 0.2) is 5.82 Å². The van der Waals surface area contributed by atoms with Crippen molar-refractivity contribution in [1.29, 1.82) is 0 Å². The summed E-state index contributed by atoms with van der Waals surface area (Å²) in [7, 11) is 0. The number of halogens is 4. The molecule has 9 heteroatoms. The second-order valence-corrected chi connectivity index (χ2v) is 5.46. The number of alkyl halides is 3. The Balaban J connectivity index is 2.33. The minimum atomic E-state index is -4.49. The van der Waals surface area contributed by atoms with Crippen LogP contribution in [0.3, 0.4) is 0 Å². The van der Waals surface area contributed by atoms with E-state index in [1.54, 1.807) is 0 Å². The van der Waals surface area contributed by atoms with Crippen molar-refractivity contribution in [2.24, 2.45) is 0 Å². The highest BCUT2D eigenvalue weighted by molar-refractivity contribution is 5.71. The molecule has 0 radical (unpaired) electrons. The molecule has 0 bridgehead atoms. The van der Waals surface area contributed by atoms with Crippen molar-refractivity contribution in [3.8, 4) is 0 Å². The van der Waals surface area contributed by atoms with Gasteiger partial charge >= 0.3 is 6.18 Å². The molecule has 2 rings (SSSR count). The minimum absolute atomic E-state index is 0.0824. The van der Waals surface area contributed by atoms with E-state index in [2.05, 4.69) is 11.9 Å². The molecule has 0 heterocycles. The van der Waals surface area contributed by atoms with Crippen LogP contribution in [0.2, 0.25) is 0 Å². The summed E-state index contributed by atoms with van der Waals surface area (Å²) in [5.74, 6) is -1.03. The molecule has 0 aromatic heterocycles. The Labute approximate surface area is 146 Å². The summed E-state index contributed by atoms with van der Waals surface area (Å²) in [6.07, 6.45) is -3.01. The van der Waals surface area contributed by atoms with E-state index in [0.29, 0.717) is 0 Å². The zero-order valence-electron chi connectivity index (χ0n) is 13.4. The van der Waals surface area contributed by atoms with E-state index < -0.39 is 33.9 Å². The monoisotopic (exact) mass is 369 g/mol. The lowest BCUT2D eigenvalue weighted by molar-refractivity contribution is -0.384. The first-order chi connectivity index (χ1) is 12.1. The number of hydrogen-bond acceptors (Lipinski definition) is 4. The van der Waals surface area contributed by atoms with E-state index in [1.165, 1.54) is 24.3 Å². The van der Waals surface area contributed by atoms with Crippen molar-refractivity contribution < 1.29 is 22.5 Å². The fourth-order valence-corrected chi connectivity index (χ4v) is 2.44. The molecule has 0 aliphatic rings. The number of allylic oxidation sites excluding steroid dienone is 1. The van der Waals surface area contributed by atoms with Crippen molar-refractivity contribution in [1.82, 2.24) is 0 Å². The van der Waals surface area contributed by atoms with Crippen LogP contribution in [-0.2, 0) is 19.1 Å². The molecule has 138 valence electrons. The summed E-state index contributed by atoms with van der Waals surface area (Å²) in [4.78, 5) is 10.3. The SMILES string of the molecule is C=CCc1cc(NCc2cccc(C(F)(F)F)c2)c(F)c(N)c1[N+](=O)[O-]. The molecule has 3 N–H and O–H groups in total. The van der Waals surface area contributed by atoms with E-state index in [4.69, 9.17) is 5.73 Å². The number of rotatable bonds is 6. The Morgan fingerprint density at radius 3 is 2.58 bits per heavy atom. The third-order valence-electron chi connectivity index (χ3n) is 3.63. The Bertz CT molecular complexity index is 851. The van der Waals surface area contributed by atoms with Gasteiger partial charge in [0, 0.05) is 12.1 Å². The molecule has 0 atom stereocenters. The standard InChI is InChI=1S/C17H15F4N3O2/c1-2-4-11-8-13(14(18)15(22)16(11)24(25)26)23-9-10-5-3-6-12(7-10)17(19,20)21/h2-3,5-8,23H,1,4,9,22H2. The lowest BCUT2D eigenvalue weighted by Gasteiger charge is -2.13. The van der Waals surface area contributed by atoms with Crippen LogP contribution in [0.15, 0.2) is 43.0 Å². The molecule has 0 fully saturated rings. The Kier molecular flexibility index (Phi) is 5.49. The number of nitrogen functional groups attached to an aromatic ring is 1. The van der Waals surface area contributed by atoms with Crippen molar-refractivity contribution in [2.45, 2.75) is 19.1 Å². The lowest BCUT2D eigenvalue weighted by Crippen LogP contribution is -2.09. The molecule has 0 aliphatic heterocycles. The molecule has 0 saturated heterocycles. The Morgan fingerprint density at radius 2 is 2.00 bits per heavy atom. The summed E-state index contributed by atoms with van der Waals surface area (Å²) in [5.41, 5.74) is 3.79. The third-order valence-corrected chi connectivity index (χ3v) is 3.63. The molecular formula is C17H15F4N3O2. The van der Waals surface area contributed by atoms with Crippen molar-refractivity contribution in [3.05, 3.63) is 75.6 Å².